The summed E-state index contributed by atoms with van der Waals surface area (Å²) in [6, 6.07) is 0. The summed E-state index contributed by atoms with van der Waals surface area (Å²) >= 11 is 0. The molecule has 1 rings (SSSR count). The molecule has 0 spiro atoms. The maximum atomic E-state index is 12.6. The minimum absolute atomic E-state index is 0.0591. The van der Waals surface area contributed by atoms with Crippen molar-refractivity contribution < 1.29 is 39.2 Å². The summed E-state index contributed by atoms with van der Waals surface area (Å²) in [4.78, 5) is 36.9. The summed E-state index contributed by atoms with van der Waals surface area (Å²) in [6.07, 6.45) is 2.75. The lowest BCUT2D eigenvalue weighted by atomic mass is 9.87. The monoisotopic (exact) mass is 499 g/mol. The van der Waals surface area contributed by atoms with Gasteiger partial charge in [0, 0.05) is 25.9 Å². The summed E-state index contributed by atoms with van der Waals surface area (Å²) in [7, 11) is 1.21. The van der Waals surface area contributed by atoms with E-state index in [-0.39, 0.29) is 31.0 Å². The van der Waals surface area contributed by atoms with Gasteiger partial charge in [-0.2, -0.15) is 0 Å². The molecule has 202 valence electrons. The maximum absolute atomic E-state index is 12.6. The van der Waals surface area contributed by atoms with Gasteiger partial charge in [0.2, 0.25) is 5.91 Å². The molecule has 5 atom stereocenters. The van der Waals surface area contributed by atoms with Crippen molar-refractivity contribution in [2.45, 2.75) is 97.1 Å². The number of aliphatic hydroxyl groups is 3. The molecule has 0 aromatic carbocycles. The highest BCUT2D eigenvalue weighted by Crippen LogP contribution is 2.26. The van der Waals surface area contributed by atoms with Gasteiger partial charge in [-0.05, 0) is 24.2 Å². The van der Waals surface area contributed by atoms with Gasteiger partial charge in [-0.15, -0.1) is 0 Å². The summed E-state index contributed by atoms with van der Waals surface area (Å²) < 4.78 is 10.3. The van der Waals surface area contributed by atoms with E-state index in [1.807, 2.05) is 20.8 Å². The summed E-state index contributed by atoms with van der Waals surface area (Å²) in [5.41, 5.74) is -0.237. The minimum atomic E-state index is -1.68. The number of amides is 1. The number of methoxy groups -OCH3 is 1. The van der Waals surface area contributed by atoms with Crippen LogP contribution in [0.4, 0.5) is 0 Å². The number of hydrogen-bond donors (Lipinski definition) is 4. The van der Waals surface area contributed by atoms with Gasteiger partial charge in [-0.1, -0.05) is 59.1 Å². The third-order valence-corrected chi connectivity index (χ3v) is 6.17. The Morgan fingerprint density at radius 3 is 2.26 bits per heavy atom. The molecular formula is C26H45NO8. The Bertz CT molecular complexity index is 696. The van der Waals surface area contributed by atoms with Gasteiger partial charge in [0.05, 0.1) is 6.54 Å². The van der Waals surface area contributed by atoms with E-state index in [4.69, 9.17) is 9.47 Å². The third kappa shape index (κ3) is 12.1. The molecule has 1 aliphatic rings. The van der Waals surface area contributed by atoms with Gasteiger partial charge >= 0.3 is 5.97 Å². The number of Topliss-reactive ketones (excluding diaryl/α,β-unsaturated/α-hetero) is 1. The fourth-order valence-corrected chi connectivity index (χ4v) is 4.05. The lowest BCUT2D eigenvalue weighted by molar-refractivity contribution is -0.149. The van der Waals surface area contributed by atoms with Gasteiger partial charge in [-0.25, -0.2) is 0 Å². The Balaban J connectivity index is 2.43. The van der Waals surface area contributed by atoms with Crippen LogP contribution < -0.4 is 5.32 Å². The van der Waals surface area contributed by atoms with E-state index in [0.29, 0.717) is 12.3 Å². The first kappa shape index (κ1) is 31.2. The van der Waals surface area contributed by atoms with Gasteiger partial charge in [0.15, 0.2) is 5.78 Å². The Morgan fingerprint density at radius 2 is 1.69 bits per heavy atom. The van der Waals surface area contributed by atoms with Crippen molar-refractivity contribution in [1.82, 2.24) is 5.32 Å². The topological polar surface area (TPSA) is 142 Å². The van der Waals surface area contributed by atoms with Crippen LogP contribution in [0.25, 0.3) is 0 Å². The molecule has 35 heavy (non-hydrogen) atoms. The largest absolute Gasteiger partial charge is 0.464 e. The molecule has 0 heterocycles. The Hall–Kier alpha value is -1.81. The molecule has 4 N–H and O–H groups in total. The summed E-state index contributed by atoms with van der Waals surface area (Å²) in [6.45, 7) is 7.48. The zero-order valence-corrected chi connectivity index (χ0v) is 21.9. The molecule has 0 aliphatic heterocycles. The summed E-state index contributed by atoms with van der Waals surface area (Å²) in [5.74, 6) is -1.58. The quantitative estimate of drug-likeness (QED) is 0.161. The van der Waals surface area contributed by atoms with Crippen LogP contribution in [0.15, 0.2) is 12.2 Å². The first-order valence-corrected chi connectivity index (χ1v) is 12.6. The molecule has 9 heteroatoms. The maximum Gasteiger partial charge on any atom is 0.306 e. The molecule has 1 saturated carbocycles. The third-order valence-electron chi connectivity index (χ3n) is 6.17. The second-order valence-corrected chi connectivity index (χ2v) is 10.6. The van der Waals surface area contributed by atoms with Gasteiger partial charge in [0.25, 0.3) is 0 Å². The zero-order chi connectivity index (χ0) is 26.6. The average Bonchev–Trinajstić information content (AvgIpc) is 2.80. The zero-order valence-electron chi connectivity index (χ0n) is 21.9. The van der Waals surface area contributed by atoms with E-state index in [1.165, 1.54) is 19.6 Å². The Kier molecular flexibility index (Phi) is 13.7. The number of carbonyl (C=O) groups excluding carboxylic acids is 3. The van der Waals surface area contributed by atoms with E-state index < -0.39 is 42.0 Å². The molecule has 1 amide bonds. The molecular weight excluding hydrogens is 454 g/mol. The van der Waals surface area contributed by atoms with Crippen molar-refractivity contribution in [3.05, 3.63) is 12.2 Å². The number of ketones is 1. The van der Waals surface area contributed by atoms with Crippen LogP contribution in [0, 0.1) is 17.3 Å². The molecule has 0 saturated heterocycles. The summed E-state index contributed by atoms with van der Waals surface area (Å²) in [5, 5.41) is 33.4. The van der Waals surface area contributed by atoms with Crippen LogP contribution in [0.2, 0.25) is 0 Å². The van der Waals surface area contributed by atoms with E-state index in [9.17, 15) is 29.7 Å². The molecule has 1 aliphatic carbocycles. The lowest BCUT2D eigenvalue weighted by Gasteiger charge is -2.27. The number of rotatable bonds is 14. The van der Waals surface area contributed by atoms with Crippen LogP contribution in [-0.4, -0.2) is 77.7 Å². The number of hydrogen-bond acceptors (Lipinski definition) is 8. The van der Waals surface area contributed by atoms with Gasteiger partial charge in [-0.3, -0.25) is 14.4 Å². The van der Waals surface area contributed by atoms with E-state index in [1.54, 1.807) is 13.0 Å². The Morgan fingerprint density at radius 1 is 1.06 bits per heavy atom. The van der Waals surface area contributed by atoms with E-state index >= 15 is 0 Å². The van der Waals surface area contributed by atoms with E-state index in [2.05, 4.69) is 5.32 Å². The second-order valence-electron chi connectivity index (χ2n) is 10.6. The van der Waals surface area contributed by atoms with Crippen molar-refractivity contribution in [2.75, 3.05) is 20.3 Å². The standard InChI is InChI=1S/C26H45NO8/c1-17(25(33)27-13-14-35-21(30)16-18-9-7-6-8-10-18)15-20(29)24(34-5)23(32)22(31)19(28)11-12-26(2,3)4/h11-12,17-19,22-24,28,31-32H,6-10,13-16H2,1-5H3,(H,27,33)/b12-11+/t17-,19-,22+,23-,24+/m1/s1. The predicted molar refractivity (Wildman–Crippen MR) is 131 cm³/mol. The highest BCUT2D eigenvalue weighted by Gasteiger charge is 2.36. The van der Waals surface area contributed by atoms with Crippen LogP contribution in [0.1, 0.15) is 72.6 Å². The molecule has 1 fully saturated rings. The molecule has 0 unspecified atom stereocenters. The fraction of sp³-hybridized carbons (Fsp3) is 0.808. The van der Waals surface area contributed by atoms with Crippen LogP contribution in [0.5, 0.6) is 0 Å². The molecule has 9 nitrogen and oxygen atoms in total. The van der Waals surface area contributed by atoms with Crippen LogP contribution in [0.3, 0.4) is 0 Å². The van der Waals surface area contributed by atoms with Crippen molar-refractivity contribution in [3.63, 3.8) is 0 Å². The van der Waals surface area contributed by atoms with Crippen molar-refractivity contribution >= 4 is 17.7 Å². The fourth-order valence-electron chi connectivity index (χ4n) is 4.05. The smallest absolute Gasteiger partial charge is 0.306 e. The van der Waals surface area contributed by atoms with Crippen molar-refractivity contribution in [1.29, 1.82) is 0 Å². The van der Waals surface area contributed by atoms with E-state index in [0.717, 1.165) is 25.7 Å². The minimum Gasteiger partial charge on any atom is -0.464 e. The SMILES string of the molecule is CO[C@@H](C(=O)C[C@@H](C)C(=O)NCCOC(=O)CC1CCCCC1)[C@H](O)[C@@H](O)[C@H](O)/C=C/C(C)(C)C. The first-order chi connectivity index (χ1) is 16.4. The van der Waals surface area contributed by atoms with Gasteiger partial charge < -0.3 is 30.1 Å². The Labute approximate surface area is 209 Å². The number of carbonyl (C=O) groups is 3. The highest BCUT2D eigenvalue weighted by molar-refractivity contribution is 5.89. The average molecular weight is 500 g/mol. The molecule has 0 aromatic heterocycles. The van der Waals surface area contributed by atoms with Crippen molar-refractivity contribution in [3.8, 4) is 0 Å². The van der Waals surface area contributed by atoms with Gasteiger partial charge in [0.1, 0.15) is 31.0 Å². The highest BCUT2D eigenvalue weighted by atomic mass is 16.5. The predicted octanol–water partition coefficient (Wildman–Crippen LogP) is 1.91. The molecule has 0 radical (unpaired) electrons. The number of esters is 1. The van der Waals surface area contributed by atoms with Crippen molar-refractivity contribution in [2.24, 2.45) is 17.3 Å². The molecule has 0 bridgehead atoms. The van der Waals surface area contributed by atoms with Crippen LogP contribution in [-0.2, 0) is 23.9 Å². The lowest BCUT2D eigenvalue weighted by Crippen LogP contribution is -2.48. The second kappa shape index (κ2) is 15.3. The molecule has 0 aromatic rings. The number of ether oxygens (including phenoxy) is 2. The number of allylic oxidation sites excluding steroid dienone is 1. The van der Waals surface area contributed by atoms with Crippen LogP contribution >= 0.6 is 0 Å². The normalized spacial score (nSPS) is 19.5. The number of aliphatic hydroxyl groups excluding tert-OH is 3. The number of nitrogens with one attached hydrogen (secondary N) is 1. The first-order valence-electron chi connectivity index (χ1n) is 12.6.